The van der Waals surface area contributed by atoms with Gasteiger partial charge in [0.1, 0.15) is 0 Å². The molecule has 0 radical (unpaired) electrons. The summed E-state index contributed by atoms with van der Waals surface area (Å²) < 4.78 is 7.25. The van der Waals surface area contributed by atoms with E-state index in [0.717, 1.165) is 31.3 Å². The van der Waals surface area contributed by atoms with E-state index >= 15 is 0 Å². The van der Waals surface area contributed by atoms with E-state index in [9.17, 15) is 0 Å². The van der Waals surface area contributed by atoms with Crippen molar-refractivity contribution in [2.24, 2.45) is 4.99 Å². The van der Waals surface area contributed by atoms with Gasteiger partial charge in [0, 0.05) is 38.1 Å². The van der Waals surface area contributed by atoms with Crippen molar-refractivity contribution in [3.63, 3.8) is 0 Å². The van der Waals surface area contributed by atoms with Crippen LogP contribution in [0, 0.1) is 0 Å². The Morgan fingerprint density at radius 1 is 1.23 bits per heavy atom. The predicted octanol–water partition coefficient (Wildman–Crippen LogP) is 1.65. The highest BCUT2D eigenvalue weighted by Gasteiger charge is 2.00. The number of aliphatic imine (C=N–C) groups is 1. The van der Waals surface area contributed by atoms with Gasteiger partial charge in [-0.25, -0.2) is 9.98 Å². The molecule has 6 nitrogen and oxygen atoms in total. The van der Waals surface area contributed by atoms with Crippen molar-refractivity contribution < 1.29 is 4.74 Å². The zero-order valence-corrected chi connectivity index (χ0v) is 13.1. The molecule has 0 saturated carbocycles. The molecule has 2 rings (SSSR count). The zero-order chi connectivity index (χ0) is 15.6. The van der Waals surface area contributed by atoms with E-state index in [0.29, 0.717) is 12.4 Å². The number of pyridine rings is 1. The van der Waals surface area contributed by atoms with Gasteiger partial charge in [0.05, 0.1) is 19.3 Å². The van der Waals surface area contributed by atoms with Gasteiger partial charge in [0.15, 0.2) is 5.96 Å². The molecule has 0 amide bonds. The van der Waals surface area contributed by atoms with Crippen molar-refractivity contribution in [2.45, 2.75) is 20.0 Å². The predicted molar refractivity (Wildman–Crippen MR) is 88.0 cm³/mol. The first kappa shape index (κ1) is 15.9. The van der Waals surface area contributed by atoms with Crippen molar-refractivity contribution in [1.29, 1.82) is 0 Å². The van der Waals surface area contributed by atoms with E-state index in [2.05, 4.69) is 25.2 Å². The minimum absolute atomic E-state index is 0.510. The van der Waals surface area contributed by atoms with Crippen molar-refractivity contribution in [3.8, 4) is 5.88 Å². The van der Waals surface area contributed by atoms with E-state index < -0.39 is 0 Å². The van der Waals surface area contributed by atoms with Gasteiger partial charge in [-0.05, 0) is 25.1 Å². The Morgan fingerprint density at radius 3 is 2.77 bits per heavy atom. The topological polar surface area (TPSA) is 63.5 Å². The van der Waals surface area contributed by atoms with Crippen molar-refractivity contribution in [1.82, 2.24) is 20.2 Å². The second-order valence-electron chi connectivity index (χ2n) is 4.71. The van der Waals surface area contributed by atoms with Crippen LogP contribution in [0.5, 0.6) is 5.88 Å². The Balaban J connectivity index is 1.88. The highest BCUT2D eigenvalue weighted by Crippen LogP contribution is 2.07. The van der Waals surface area contributed by atoms with Gasteiger partial charge < -0.3 is 19.9 Å². The third-order valence-corrected chi connectivity index (χ3v) is 3.06. The van der Waals surface area contributed by atoms with Gasteiger partial charge in [0.2, 0.25) is 5.88 Å². The van der Waals surface area contributed by atoms with Gasteiger partial charge in [-0.1, -0.05) is 6.07 Å². The average molecular weight is 301 g/mol. The van der Waals surface area contributed by atoms with Gasteiger partial charge in [0.25, 0.3) is 0 Å². The van der Waals surface area contributed by atoms with Crippen LogP contribution >= 0.6 is 0 Å². The zero-order valence-electron chi connectivity index (χ0n) is 13.1. The molecular weight excluding hydrogens is 278 g/mol. The molecule has 22 heavy (non-hydrogen) atoms. The fraction of sp³-hybridized carbons (Fsp3) is 0.375. The number of hydrogen-bond donors (Lipinski definition) is 2. The lowest BCUT2D eigenvalue weighted by Crippen LogP contribution is -2.38. The molecule has 0 atom stereocenters. The normalized spacial score (nSPS) is 11.3. The Bertz CT molecular complexity index is 580. The minimum atomic E-state index is 0.510. The quantitative estimate of drug-likeness (QED) is 0.603. The standard InChI is InChI=1S/C16H23N5O/c1-3-17-16(18-9-12-21-10-4-5-11-21)19-13-14-7-6-8-15(20-14)22-2/h4-8,10-11H,3,9,12-13H2,1-2H3,(H2,17,18,19). The van der Waals surface area contributed by atoms with Crippen LogP contribution in [0.25, 0.3) is 0 Å². The van der Waals surface area contributed by atoms with Crippen LogP contribution < -0.4 is 15.4 Å². The van der Waals surface area contributed by atoms with Gasteiger partial charge in [-0.15, -0.1) is 0 Å². The summed E-state index contributed by atoms with van der Waals surface area (Å²) in [6, 6.07) is 9.73. The first-order chi connectivity index (χ1) is 10.8. The number of nitrogens with zero attached hydrogens (tertiary/aromatic N) is 3. The Morgan fingerprint density at radius 2 is 2.05 bits per heavy atom. The molecule has 0 aliphatic carbocycles. The van der Waals surface area contributed by atoms with Crippen LogP contribution in [0.2, 0.25) is 0 Å². The van der Waals surface area contributed by atoms with Gasteiger partial charge in [-0.3, -0.25) is 0 Å². The SMILES string of the molecule is CCNC(=NCc1cccc(OC)n1)NCCn1cccc1. The molecule has 6 heteroatoms. The van der Waals surface area contributed by atoms with E-state index in [-0.39, 0.29) is 0 Å². The molecule has 2 N–H and O–H groups in total. The lowest BCUT2D eigenvalue weighted by molar-refractivity contribution is 0.396. The first-order valence-electron chi connectivity index (χ1n) is 7.44. The second kappa shape index (κ2) is 8.71. The van der Waals surface area contributed by atoms with E-state index in [4.69, 9.17) is 4.74 Å². The molecule has 2 heterocycles. The van der Waals surface area contributed by atoms with Crippen molar-refractivity contribution in [2.75, 3.05) is 20.2 Å². The summed E-state index contributed by atoms with van der Waals surface area (Å²) in [5.74, 6) is 1.40. The molecule has 0 unspecified atom stereocenters. The van der Waals surface area contributed by atoms with E-state index in [1.165, 1.54) is 0 Å². The molecule has 0 aliphatic heterocycles. The smallest absolute Gasteiger partial charge is 0.213 e. The van der Waals surface area contributed by atoms with E-state index in [1.54, 1.807) is 7.11 Å². The molecule has 0 spiro atoms. The molecule has 0 fully saturated rings. The summed E-state index contributed by atoms with van der Waals surface area (Å²) >= 11 is 0. The molecular formula is C16H23N5O. The number of ether oxygens (including phenoxy) is 1. The monoisotopic (exact) mass is 301 g/mol. The second-order valence-corrected chi connectivity index (χ2v) is 4.71. The Labute approximate surface area is 131 Å². The summed E-state index contributed by atoms with van der Waals surface area (Å²) in [6.07, 6.45) is 4.10. The first-order valence-corrected chi connectivity index (χ1v) is 7.44. The number of methoxy groups -OCH3 is 1. The average Bonchev–Trinajstić information content (AvgIpc) is 3.06. The molecule has 0 saturated heterocycles. The van der Waals surface area contributed by atoms with Crippen LogP contribution in [-0.4, -0.2) is 35.7 Å². The number of aromatic nitrogens is 2. The number of guanidine groups is 1. The molecule has 0 aliphatic rings. The summed E-state index contributed by atoms with van der Waals surface area (Å²) in [5, 5.41) is 6.55. The summed E-state index contributed by atoms with van der Waals surface area (Å²) in [5.41, 5.74) is 0.877. The number of hydrogen-bond acceptors (Lipinski definition) is 3. The summed E-state index contributed by atoms with van der Waals surface area (Å²) in [7, 11) is 1.61. The van der Waals surface area contributed by atoms with Crippen LogP contribution in [0.15, 0.2) is 47.7 Å². The lowest BCUT2D eigenvalue weighted by atomic mass is 10.3. The lowest BCUT2D eigenvalue weighted by Gasteiger charge is -2.11. The van der Waals surface area contributed by atoms with Gasteiger partial charge in [-0.2, -0.15) is 0 Å². The molecule has 0 bridgehead atoms. The molecule has 118 valence electrons. The van der Waals surface area contributed by atoms with Crippen LogP contribution in [0.3, 0.4) is 0 Å². The molecule has 2 aromatic rings. The highest BCUT2D eigenvalue weighted by molar-refractivity contribution is 5.79. The molecule has 2 aromatic heterocycles. The van der Waals surface area contributed by atoms with Gasteiger partial charge >= 0.3 is 0 Å². The Kier molecular flexibility index (Phi) is 6.29. The summed E-state index contributed by atoms with van der Waals surface area (Å²) in [6.45, 7) is 5.09. The molecule has 0 aromatic carbocycles. The number of rotatable bonds is 7. The fourth-order valence-electron chi connectivity index (χ4n) is 1.98. The third kappa shape index (κ3) is 5.12. The Hall–Kier alpha value is -2.50. The highest BCUT2D eigenvalue weighted by atomic mass is 16.5. The fourth-order valence-corrected chi connectivity index (χ4v) is 1.98. The maximum atomic E-state index is 5.12. The maximum absolute atomic E-state index is 5.12. The third-order valence-electron chi connectivity index (χ3n) is 3.06. The minimum Gasteiger partial charge on any atom is -0.481 e. The maximum Gasteiger partial charge on any atom is 0.213 e. The summed E-state index contributed by atoms with van der Waals surface area (Å²) in [4.78, 5) is 8.90. The van der Waals surface area contributed by atoms with Crippen molar-refractivity contribution >= 4 is 5.96 Å². The van der Waals surface area contributed by atoms with Crippen LogP contribution in [0.4, 0.5) is 0 Å². The van der Waals surface area contributed by atoms with E-state index in [1.807, 2.05) is 49.6 Å². The van der Waals surface area contributed by atoms with Crippen LogP contribution in [0.1, 0.15) is 12.6 Å². The van der Waals surface area contributed by atoms with Crippen LogP contribution in [-0.2, 0) is 13.1 Å². The van der Waals surface area contributed by atoms with Crippen molar-refractivity contribution in [3.05, 3.63) is 48.4 Å². The largest absolute Gasteiger partial charge is 0.481 e. The number of nitrogens with one attached hydrogen (secondary N) is 2.